The fourth-order valence-electron chi connectivity index (χ4n) is 2.32. The second-order valence-electron chi connectivity index (χ2n) is 4.27. The third kappa shape index (κ3) is 2.08. The zero-order valence-electron chi connectivity index (χ0n) is 9.42. The van der Waals surface area contributed by atoms with Gasteiger partial charge in [0, 0.05) is 31.3 Å². The van der Waals surface area contributed by atoms with Crippen molar-refractivity contribution in [1.29, 1.82) is 0 Å². The summed E-state index contributed by atoms with van der Waals surface area (Å²) in [6, 6.07) is 0. The Morgan fingerprint density at radius 3 is 2.65 bits per heavy atom. The normalized spacial score (nSPS) is 23.2. The lowest BCUT2D eigenvalue weighted by molar-refractivity contribution is -0.181. The first-order chi connectivity index (χ1) is 8.29. The summed E-state index contributed by atoms with van der Waals surface area (Å²) >= 11 is 1.44. The average molecular weight is 254 g/mol. The van der Waals surface area contributed by atoms with Gasteiger partial charge in [-0.1, -0.05) is 0 Å². The molecular formula is C11H14N2O3S. The summed E-state index contributed by atoms with van der Waals surface area (Å²) < 4.78 is 11.3. The molecule has 1 aromatic rings. The molecule has 0 unspecified atom stereocenters. The van der Waals surface area contributed by atoms with Crippen molar-refractivity contribution in [3.8, 4) is 0 Å². The second kappa shape index (κ2) is 4.36. The highest BCUT2D eigenvalue weighted by atomic mass is 32.1. The van der Waals surface area contributed by atoms with Crippen LogP contribution in [0.1, 0.15) is 23.3 Å². The SMILES string of the molecule is O=C(c1cscn1)N1CCC2(CC1)OCCO2. The predicted molar refractivity (Wildman–Crippen MR) is 61.9 cm³/mol. The zero-order valence-corrected chi connectivity index (χ0v) is 10.2. The number of nitrogens with zero attached hydrogens (tertiary/aromatic N) is 2. The summed E-state index contributed by atoms with van der Waals surface area (Å²) in [5.74, 6) is -0.405. The fourth-order valence-corrected chi connectivity index (χ4v) is 2.84. The van der Waals surface area contributed by atoms with E-state index in [4.69, 9.17) is 9.47 Å². The molecule has 1 spiro atoms. The van der Waals surface area contributed by atoms with Crippen LogP contribution in [0.4, 0.5) is 0 Å². The number of hydrogen-bond acceptors (Lipinski definition) is 5. The smallest absolute Gasteiger partial charge is 0.273 e. The van der Waals surface area contributed by atoms with E-state index >= 15 is 0 Å². The van der Waals surface area contributed by atoms with Crippen LogP contribution in [0.25, 0.3) is 0 Å². The number of hydrogen-bond donors (Lipinski definition) is 0. The molecule has 0 radical (unpaired) electrons. The predicted octanol–water partition coefficient (Wildman–Crippen LogP) is 1.12. The van der Waals surface area contributed by atoms with Gasteiger partial charge in [0.05, 0.1) is 18.7 Å². The molecule has 0 aliphatic carbocycles. The number of amides is 1. The van der Waals surface area contributed by atoms with E-state index in [1.165, 1.54) is 11.3 Å². The van der Waals surface area contributed by atoms with Crippen LogP contribution in [0.5, 0.6) is 0 Å². The highest BCUT2D eigenvalue weighted by Gasteiger charge is 2.40. The molecule has 2 fully saturated rings. The maximum absolute atomic E-state index is 12.1. The van der Waals surface area contributed by atoms with Gasteiger partial charge in [0.1, 0.15) is 5.69 Å². The van der Waals surface area contributed by atoms with Crippen molar-refractivity contribution >= 4 is 17.2 Å². The molecule has 2 saturated heterocycles. The Morgan fingerprint density at radius 2 is 2.06 bits per heavy atom. The fraction of sp³-hybridized carbons (Fsp3) is 0.636. The van der Waals surface area contributed by atoms with Crippen molar-refractivity contribution in [1.82, 2.24) is 9.88 Å². The first kappa shape index (κ1) is 11.1. The molecule has 0 saturated carbocycles. The van der Waals surface area contributed by atoms with E-state index in [0.29, 0.717) is 32.0 Å². The molecule has 92 valence electrons. The van der Waals surface area contributed by atoms with Crippen LogP contribution in [-0.2, 0) is 9.47 Å². The van der Waals surface area contributed by atoms with Crippen LogP contribution in [0.2, 0.25) is 0 Å². The van der Waals surface area contributed by atoms with Crippen molar-refractivity contribution in [3.63, 3.8) is 0 Å². The molecular weight excluding hydrogens is 240 g/mol. The maximum atomic E-state index is 12.1. The standard InChI is InChI=1S/C11H14N2O3S/c14-10(9-7-17-8-12-9)13-3-1-11(2-4-13)15-5-6-16-11/h7-8H,1-6H2. The zero-order chi connectivity index (χ0) is 11.7. The van der Waals surface area contributed by atoms with Crippen molar-refractivity contribution in [3.05, 3.63) is 16.6 Å². The van der Waals surface area contributed by atoms with Gasteiger partial charge in [0.2, 0.25) is 0 Å². The molecule has 2 aliphatic heterocycles. The average Bonchev–Trinajstić information content (AvgIpc) is 3.01. The minimum Gasteiger partial charge on any atom is -0.347 e. The third-order valence-corrected chi connectivity index (χ3v) is 3.86. The Hall–Kier alpha value is -0.980. The number of thiazole rings is 1. The quantitative estimate of drug-likeness (QED) is 0.753. The molecule has 6 heteroatoms. The van der Waals surface area contributed by atoms with E-state index in [1.807, 2.05) is 4.90 Å². The Balaban J connectivity index is 1.63. The molecule has 0 aromatic carbocycles. The van der Waals surface area contributed by atoms with Crippen molar-refractivity contribution in [2.75, 3.05) is 26.3 Å². The van der Waals surface area contributed by atoms with Gasteiger partial charge in [-0.05, 0) is 0 Å². The van der Waals surface area contributed by atoms with Crippen LogP contribution >= 0.6 is 11.3 Å². The summed E-state index contributed by atoms with van der Waals surface area (Å²) in [5.41, 5.74) is 2.22. The molecule has 17 heavy (non-hydrogen) atoms. The van der Waals surface area contributed by atoms with E-state index in [-0.39, 0.29) is 5.91 Å². The Labute approximate surface area is 103 Å². The number of carbonyl (C=O) groups excluding carboxylic acids is 1. The number of carbonyl (C=O) groups is 1. The lowest BCUT2D eigenvalue weighted by Crippen LogP contribution is -2.47. The minimum absolute atomic E-state index is 0.0131. The topological polar surface area (TPSA) is 51.7 Å². The maximum Gasteiger partial charge on any atom is 0.273 e. The Kier molecular flexibility index (Phi) is 2.85. The molecule has 0 N–H and O–H groups in total. The number of rotatable bonds is 1. The summed E-state index contributed by atoms with van der Waals surface area (Å²) in [6.45, 7) is 2.69. The summed E-state index contributed by atoms with van der Waals surface area (Å²) in [7, 11) is 0. The van der Waals surface area contributed by atoms with Gasteiger partial charge in [0.15, 0.2) is 5.79 Å². The van der Waals surface area contributed by atoms with E-state index in [1.54, 1.807) is 10.9 Å². The van der Waals surface area contributed by atoms with Crippen LogP contribution in [0.15, 0.2) is 10.9 Å². The van der Waals surface area contributed by atoms with E-state index < -0.39 is 5.79 Å². The van der Waals surface area contributed by atoms with Gasteiger partial charge in [0.25, 0.3) is 5.91 Å². The molecule has 5 nitrogen and oxygen atoms in total. The summed E-state index contributed by atoms with van der Waals surface area (Å²) in [5, 5.41) is 1.79. The van der Waals surface area contributed by atoms with Gasteiger partial charge in [-0.2, -0.15) is 0 Å². The van der Waals surface area contributed by atoms with E-state index in [0.717, 1.165) is 12.8 Å². The lowest BCUT2D eigenvalue weighted by Gasteiger charge is -2.37. The third-order valence-electron chi connectivity index (χ3n) is 3.28. The van der Waals surface area contributed by atoms with Crippen LogP contribution < -0.4 is 0 Å². The van der Waals surface area contributed by atoms with Gasteiger partial charge < -0.3 is 14.4 Å². The van der Waals surface area contributed by atoms with Crippen LogP contribution in [0.3, 0.4) is 0 Å². The minimum atomic E-state index is -0.418. The number of piperidine rings is 1. The Morgan fingerprint density at radius 1 is 1.35 bits per heavy atom. The lowest BCUT2D eigenvalue weighted by atomic mass is 10.0. The number of ether oxygens (including phenoxy) is 2. The van der Waals surface area contributed by atoms with Gasteiger partial charge in [-0.3, -0.25) is 4.79 Å². The monoisotopic (exact) mass is 254 g/mol. The molecule has 1 amide bonds. The van der Waals surface area contributed by atoms with Gasteiger partial charge in [-0.25, -0.2) is 4.98 Å². The molecule has 0 bridgehead atoms. The molecule has 0 atom stereocenters. The first-order valence-corrected chi connectivity index (χ1v) is 6.69. The van der Waals surface area contributed by atoms with Crippen LogP contribution in [0, 0.1) is 0 Å². The van der Waals surface area contributed by atoms with E-state index in [9.17, 15) is 4.79 Å². The number of likely N-dealkylation sites (tertiary alicyclic amines) is 1. The van der Waals surface area contributed by atoms with Gasteiger partial charge >= 0.3 is 0 Å². The molecule has 1 aromatic heterocycles. The van der Waals surface area contributed by atoms with Crippen molar-refractivity contribution in [2.24, 2.45) is 0 Å². The number of aromatic nitrogens is 1. The molecule has 2 aliphatic rings. The van der Waals surface area contributed by atoms with Gasteiger partial charge in [-0.15, -0.1) is 11.3 Å². The first-order valence-electron chi connectivity index (χ1n) is 5.74. The van der Waals surface area contributed by atoms with Crippen molar-refractivity contribution in [2.45, 2.75) is 18.6 Å². The highest BCUT2D eigenvalue weighted by molar-refractivity contribution is 7.07. The molecule has 3 rings (SSSR count). The second-order valence-corrected chi connectivity index (χ2v) is 4.99. The Bertz CT molecular complexity index is 391. The van der Waals surface area contributed by atoms with Crippen molar-refractivity contribution < 1.29 is 14.3 Å². The van der Waals surface area contributed by atoms with Crippen LogP contribution in [-0.4, -0.2) is 47.9 Å². The molecule has 3 heterocycles. The van der Waals surface area contributed by atoms with E-state index in [2.05, 4.69) is 4.98 Å². The largest absolute Gasteiger partial charge is 0.347 e. The summed E-state index contributed by atoms with van der Waals surface area (Å²) in [4.78, 5) is 17.9. The summed E-state index contributed by atoms with van der Waals surface area (Å²) in [6.07, 6.45) is 1.51. The highest BCUT2D eigenvalue weighted by Crippen LogP contribution is 2.31.